The lowest BCUT2D eigenvalue weighted by atomic mass is 10.2. The third-order valence-electron chi connectivity index (χ3n) is 2.30. The zero-order valence-corrected chi connectivity index (χ0v) is 9.39. The first-order chi connectivity index (χ1) is 6.61. The van der Waals surface area contributed by atoms with Crippen LogP contribution in [0, 0.1) is 0 Å². The molecule has 0 spiro atoms. The minimum absolute atomic E-state index is 0.0451. The second-order valence-corrected chi connectivity index (χ2v) is 5.46. The van der Waals surface area contributed by atoms with Gasteiger partial charge in [-0.1, -0.05) is 13.0 Å². The molecule has 5 heteroatoms. The first kappa shape index (κ1) is 11.7. The van der Waals surface area contributed by atoms with E-state index in [4.69, 9.17) is 0 Å². The molecule has 0 aromatic rings. The van der Waals surface area contributed by atoms with Gasteiger partial charge in [-0.05, 0) is 6.42 Å². The summed E-state index contributed by atoms with van der Waals surface area (Å²) in [6.07, 6.45) is 2.30. The molecule has 0 saturated carbocycles. The molecule has 14 heavy (non-hydrogen) atoms. The normalized spacial score (nSPS) is 18.1. The van der Waals surface area contributed by atoms with E-state index in [2.05, 4.69) is 11.9 Å². The molecule has 1 heterocycles. The van der Waals surface area contributed by atoms with Crippen molar-refractivity contribution >= 4 is 10.0 Å². The molecule has 0 unspecified atom stereocenters. The molecule has 0 aromatic heterocycles. The van der Waals surface area contributed by atoms with Gasteiger partial charge < -0.3 is 5.32 Å². The largest absolute Gasteiger partial charge is 0.313 e. The Labute approximate surface area is 86.0 Å². The summed E-state index contributed by atoms with van der Waals surface area (Å²) in [4.78, 5) is 0. The lowest BCUT2D eigenvalue weighted by molar-refractivity contribution is 0.242. The average molecular weight is 218 g/mol. The third-order valence-corrected chi connectivity index (χ3v) is 4.15. The number of nitrogens with zero attached hydrogens (tertiary/aromatic N) is 1. The number of sulfonamides is 1. The van der Waals surface area contributed by atoms with Crippen LogP contribution < -0.4 is 5.32 Å². The van der Waals surface area contributed by atoms with Gasteiger partial charge in [0.05, 0.1) is 5.75 Å². The maximum absolute atomic E-state index is 11.8. The molecular formula is C9H18N2O2S. The molecule has 0 amide bonds. The molecule has 1 saturated heterocycles. The zero-order valence-electron chi connectivity index (χ0n) is 8.57. The van der Waals surface area contributed by atoms with Crippen molar-refractivity contribution in [2.45, 2.75) is 19.4 Å². The average Bonchev–Trinajstić information content (AvgIpc) is 2.00. The van der Waals surface area contributed by atoms with Gasteiger partial charge in [0.15, 0.2) is 0 Å². The Kier molecular flexibility index (Phi) is 4.10. The third kappa shape index (κ3) is 2.56. The Bertz CT molecular complexity index is 283. The Morgan fingerprint density at radius 2 is 2.21 bits per heavy atom. The summed E-state index contributed by atoms with van der Waals surface area (Å²) in [6, 6.07) is 0.153. The van der Waals surface area contributed by atoms with E-state index < -0.39 is 10.0 Å². The molecule has 0 atom stereocenters. The van der Waals surface area contributed by atoms with Crippen LogP contribution in [0.15, 0.2) is 12.7 Å². The molecule has 0 aromatic carbocycles. The highest BCUT2D eigenvalue weighted by Crippen LogP contribution is 2.12. The Morgan fingerprint density at radius 3 is 2.57 bits per heavy atom. The van der Waals surface area contributed by atoms with Gasteiger partial charge in [-0.3, -0.25) is 0 Å². The number of hydrogen-bond donors (Lipinski definition) is 1. The smallest absolute Gasteiger partial charge is 0.218 e. The molecule has 0 radical (unpaired) electrons. The molecule has 82 valence electrons. The van der Waals surface area contributed by atoms with Crippen molar-refractivity contribution in [1.82, 2.24) is 9.62 Å². The van der Waals surface area contributed by atoms with Crippen LogP contribution in [-0.2, 0) is 10.0 Å². The fraction of sp³-hybridized carbons (Fsp3) is 0.778. The van der Waals surface area contributed by atoms with E-state index in [1.807, 2.05) is 6.92 Å². The highest BCUT2D eigenvalue weighted by molar-refractivity contribution is 7.89. The second-order valence-electron chi connectivity index (χ2n) is 3.49. The van der Waals surface area contributed by atoms with E-state index in [1.165, 1.54) is 6.08 Å². The summed E-state index contributed by atoms with van der Waals surface area (Å²) in [7, 11) is -3.12. The van der Waals surface area contributed by atoms with Crippen LogP contribution in [0.4, 0.5) is 0 Å². The lowest BCUT2D eigenvalue weighted by Gasteiger charge is -2.36. The second kappa shape index (κ2) is 4.91. The van der Waals surface area contributed by atoms with Gasteiger partial charge in [0.25, 0.3) is 0 Å². The van der Waals surface area contributed by atoms with Gasteiger partial charge in [0.1, 0.15) is 0 Å². The molecule has 1 N–H and O–H groups in total. The van der Waals surface area contributed by atoms with E-state index >= 15 is 0 Å². The van der Waals surface area contributed by atoms with Crippen molar-refractivity contribution < 1.29 is 8.42 Å². The molecule has 1 aliphatic heterocycles. The predicted octanol–water partition coefficient (Wildman–Crippen LogP) is 0.186. The number of hydrogen-bond acceptors (Lipinski definition) is 3. The maximum atomic E-state index is 11.8. The summed E-state index contributed by atoms with van der Waals surface area (Å²) < 4.78 is 25.2. The van der Waals surface area contributed by atoms with Gasteiger partial charge in [-0.25, -0.2) is 8.42 Å². The Hall–Kier alpha value is -0.390. The summed E-state index contributed by atoms with van der Waals surface area (Å²) in [5, 5.41) is 3.08. The molecule has 1 aliphatic rings. The number of nitrogens with one attached hydrogen (secondary N) is 1. The highest BCUT2D eigenvalue weighted by Gasteiger charge is 2.31. The van der Waals surface area contributed by atoms with Crippen LogP contribution in [0.2, 0.25) is 0 Å². The van der Waals surface area contributed by atoms with Crippen molar-refractivity contribution in [2.75, 3.05) is 25.4 Å². The van der Waals surface area contributed by atoms with Crippen molar-refractivity contribution in [1.29, 1.82) is 0 Å². The van der Waals surface area contributed by atoms with Crippen molar-refractivity contribution in [2.24, 2.45) is 0 Å². The predicted molar refractivity (Wildman–Crippen MR) is 57.6 cm³/mol. The summed E-state index contributed by atoms with van der Waals surface area (Å²) in [5.41, 5.74) is 0. The van der Waals surface area contributed by atoms with Crippen LogP contribution >= 0.6 is 0 Å². The van der Waals surface area contributed by atoms with E-state index in [1.54, 1.807) is 4.31 Å². The Morgan fingerprint density at radius 1 is 1.57 bits per heavy atom. The van der Waals surface area contributed by atoms with E-state index in [0.717, 1.165) is 19.5 Å². The molecule has 0 aliphatic carbocycles. The van der Waals surface area contributed by atoms with Crippen LogP contribution in [0.5, 0.6) is 0 Å². The van der Waals surface area contributed by atoms with Gasteiger partial charge >= 0.3 is 0 Å². The van der Waals surface area contributed by atoms with Gasteiger partial charge in [-0.2, -0.15) is 4.31 Å². The molecule has 4 nitrogen and oxygen atoms in total. The lowest BCUT2D eigenvalue weighted by Crippen LogP contribution is -2.59. The Balaban J connectivity index is 2.69. The van der Waals surface area contributed by atoms with E-state index in [0.29, 0.717) is 6.54 Å². The molecular weight excluding hydrogens is 200 g/mol. The van der Waals surface area contributed by atoms with Gasteiger partial charge in [0.2, 0.25) is 10.0 Å². The van der Waals surface area contributed by atoms with Crippen LogP contribution in [0.25, 0.3) is 0 Å². The quantitative estimate of drug-likeness (QED) is 0.647. The van der Waals surface area contributed by atoms with Crippen LogP contribution in [-0.4, -0.2) is 44.2 Å². The standard InChI is InChI=1S/C9H18N2O2S/c1-3-5-11(9-7-10-8-9)14(12,13)6-4-2/h4,9-10H,2-3,5-8H2,1H3. The fourth-order valence-electron chi connectivity index (χ4n) is 1.49. The SMILES string of the molecule is C=CCS(=O)(=O)N(CCC)C1CNC1. The zero-order chi connectivity index (χ0) is 10.6. The van der Waals surface area contributed by atoms with Gasteiger partial charge in [0, 0.05) is 25.7 Å². The summed E-state index contributed by atoms with van der Waals surface area (Å²) in [5.74, 6) is 0.0451. The van der Waals surface area contributed by atoms with Gasteiger partial charge in [-0.15, -0.1) is 6.58 Å². The van der Waals surface area contributed by atoms with Crippen LogP contribution in [0.3, 0.4) is 0 Å². The molecule has 1 rings (SSSR count). The fourth-order valence-corrected chi connectivity index (χ4v) is 3.04. The van der Waals surface area contributed by atoms with Crippen molar-refractivity contribution in [3.63, 3.8) is 0 Å². The van der Waals surface area contributed by atoms with Crippen molar-refractivity contribution in [3.8, 4) is 0 Å². The minimum Gasteiger partial charge on any atom is -0.313 e. The topological polar surface area (TPSA) is 49.4 Å². The van der Waals surface area contributed by atoms with E-state index in [-0.39, 0.29) is 11.8 Å². The monoisotopic (exact) mass is 218 g/mol. The van der Waals surface area contributed by atoms with Crippen LogP contribution in [0.1, 0.15) is 13.3 Å². The summed E-state index contributed by atoms with van der Waals surface area (Å²) >= 11 is 0. The maximum Gasteiger partial charge on any atom is 0.218 e. The number of rotatable bonds is 6. The first-order valence-corrected chi connectivity index (χ1v) is 6.54. The molecule has 0 bridgehead atoms. The highest BCUT2D eigenvalue weighted by atomic mass is 32.2. The minimum atomic E-state index is -3.12. The van der Waals surface area contributed by atoms with Crippen molar-refractivity contribution in [3.05, 3.63) is 12.7 Å². The first-order valence-electron chi connectivity index (χ1n) is 4.93. The molecule has 1 fully saturated rings. The summed E-state index contributed by atoms with van der Waals surface area (Å²) in [6.45, 7) is 7.62. The van der Waals surface area contributed by atoms with E-state index in [9.17, 15) is 8.42 Å².